The van der Waals surface area contributed by atoms with Gasteiger partial charge in [-0.1, -0.05) is 24.3 Å². The minimum absolute atomic E-state index is 0.198. The summed E-state index contributed by atoms with van der Waals surface area (Å²) in [4.78, 5) is 15.3. The number of hydrogen-bond acceptors (Lipinski definition) is 4. The van der Waals surface area contributed by atoms with Crippen LogP contribution in [0.2, 0.25) is 0 Å². The van der Waals surface area contributed by atoms with Gasteiger partial charge in [0.05, 0.1) is 6.20 Å². The standard InChI is InChI=1S/C15H13N5O/c16-12-5-2-1-4-11(12)10-8-18-20(9-10)14-7-3-6-13(19-14)15(17)21/h1-9H,16H2,(H2,17,21). The van der Waals surface area contributed by atoms with Gasteiger partial charge in [0, 0.05) is 23.0 Å². The van der Waals surface area contributed by atoms with Gasteiger partial charge in [0.2, 0.25) is 0 Å². The number of rotatable bonds is 3. The maximum atomic E-state index is 11.2. The fourth-order valence-corrected chi connectivity index (χ4v) is 2.04. The maximum Gasteiger partial charge on any atom is 0.267 e. The molecule has 21 heavy (non-hydrogen) atoms. The van der Waals surface area contributed by atoms with Crippen molar-refractivity contribution < 1.29 is 4.79 Å². The Kier molecular flexibility index (Phi) is 3.12. The molecular weight excluding hydrogens is 266 g/mol. The Labute approximate surface area is 121 Å². The Morgan fingerprint density at radius 2 is 1.90 bits per heavy atom. The first kappa shape index (κ1) is 12.9. The Hall–Kier alpha value is -3.15. The van der Waals surface area contributed by atoms with E-state index in [9.17, 15) is 4.79 Å². The van der Waals surface area contributed by atoms with Crippen molar-refractivity contribution in [1.29, 1.82) is 0 Å². The molecule has 3 rings (SSSR count). The summed E-state index contributed by atoms with van der Waals surface area (Å²) in [6, 6.07) is 12.6. The molecule has 0 atom stereocenters. The normalized spacial score (nSPS) is 10.5. The molecule has 2 heterocycles. The Balaban J connectivity index is 2.01. The van der Waals surface area contributed by atoms with E-state index in [4.69, 9.17) is 11.5 Å². The van der Waals surface area contributed by atoms with E-state index < -0.39 is 5.91 Å². The van der Waals surface area contributed by atoms with Crippen LogP contribution in [0.25, 0.3) is 16.9 Å². The number of hydrogen-bond donors (Lipinski definition) is 2. The van der Waals surface area contributed by atoms with Gasteiger partial charge in [0.15, 0.2) is 5.82 Å². The number of nitrogens with two attached hydrogens (primary N) is 2. The second-order valence-corrected chi connectivity index (χ2v) is 4.51. The first-order chi connectivity index (χ1) is 10.1. The monoisotopic (exact) mass is 279 g/mol. The van der Waals surface area contributed by atoms with E-state index in [0.717, 1.165) is 11.1 Å². The molecule has 1 amide bonds. The summed E-state index contributed by atoms with van der Waals surface area (Å²) in [6.07, 6.45) is 3.50. The van der Waals surface area contributed by atoms with Gasteiger partial charge in [-0.3, -0.25) is 4.79 Å². The van der Waals surface area contributed by atoms with Gasteiger partial charge in [-0.15, -0.1) is 0 Å². The van der Waals surface area contributed by atoms with E-state index >= 15 is 0 Å². The summed E-state index contributed by atoms with van der Waals surface area (Å²) in [5.74, 6) is -0.0522. The molecule has 1 aromatic carbocycles. The highest BCUT2D eigenvalue weighted by Gasteiger charge is 2.08. The molecule has 2 aromatic heterocycles. The number of anilines is 1. The Morgan fingerprint density at radius 1 is 1.10 bits per heavy atom. The molecule has 0 saturated carbocycles. The Morgan fingerprint density at radius 3 is 2.67 bits per heavy atom. The molecular formula is C15H13N5O. The zero-order valence-corrected chi connectivity index (χ0v) is 11.1. The lowest BCUT2D eigenvalue weighted by Crippen LogP contribution is -2.14. The highest BCUT2D eigenvalue weighted by atomic mass is 16.1. The van der Waals surface area contributed by atoms with E-state index in [2.05, 4.69) is 10.1 Å². The molecule has 0 aliphatic rings. The van der Waals surface area contributed by atoms with Crippen LogP contribution in [0.1, 0.15) is 10.5 Å². The number of carbonyl (C=O) groups is 1. The van der Waals surface area contributed by atoms with Crippen molar-refractivity contribution in [3.05, 3.63) is 60.6 Å². The van der Waals surface area contributed by atoms with E-state index in [1.54, 1.807) is 35.3 Å². The van der Waals surface area contributed by atoms with Gasteiger partial charge in [0.1, 0.15) is 5.69 Å². The van der Waals surface area contributed by atoms with Crippen molar-refractivity contribution in [2.75, 3.05) is 5.73 Å². The van der Waals surface area contributed by atoms with Crippen LogP contribution in [-0.2, 0) is 0 Å². The first-order valence-corrected chi connectivity index (χ1v) is 6.32. The summed E-state index contributed by atoms with van der Waals surface area (Å²) in [5.41, 5.74) is 13.8. The fraction of sp³-hybridized carbons (Fsp3) is 0. The van der Waals surface area contributed by atoms with Crippen LogP contribution in [0, 0.1) is 0 Å². The molecule has 0 unspecified atom stereocenters. The third-order valence-corrected chi connectivity index (χ3v) is 3.08. The highest BCUT2D eigenvalue weighted by Crippen LogP contribution is 2.25. The van der Waals surface area contributed by atoms with Crippen LogP contribution < -0.4 is 11.5 Å². The number of benzene rings is 1. The average Bonchev–Trinajstić information content (AvgIpc) is 2.97. The van der Waals surface area contributed by atoms with Crippen molar-refractivity contribution in [3.63, 3.8) is 0 Å². The lowest BCUT2D eigenvalue weighted by Gasteiger charge is -2.02. The molecule has 0 radical (unpaired) electrons. The minimum atomic E-state index is -0.573. The van der Waals surface area contributed by atoms with Gasteiger partial charge in [-0.05, 0) is 18.2 Å². The predicted molar refractivity (Wildman–Crippen MR) is 79.7 cm³/mol. The molecule has 0 aliphatic heterocycles. The highest BCUT2D eigenvalue weighted by molar-refractivity contribution is 5.90. The molecule has 4 N–H and O–H groups in total. The second-order valence-electron chi connectivity index (χ2n) is 4.51. The zero-order valence-electron chi connectivity index (χ0n) is 11.1. The molecule has 104 valence electrons. The largest absolute Gasteiger partial charge is 0.398 e. The van der Waals surface area contributed by atoms with E-state index in [0.29, 0.717) is 11.5 Å². The average molecular weight is 279 g/mol. The first-order valence-electron chi connectivity index (χ1n) is 6.32. The summed E-state index contributed by atoms with van der Waals surface area (Å²) in [7, 11) is 0. The van der Waals surface area contributed by atoms with Crippen molar-refractivity contribution in [1.82, 2.24) is 14.8 Å². The van der Waals surface area contributed by atoms with Crippen LogP contribution in [0.5, 0.6) is 0 Å². The topological polar surface area (TPSA) is 99.8 Å². The summed E-state index contributed by atoms with van der Waals surface area (Å²) >= 11 is 0. The maximum absolute atomic E-state index is 11.2. The second kappa shape index (κ2) is 5.09. The molecule has 0 spiro atoms. The van der Waals surface area contributed by atoms with E-state index in [1.807, 2.05) is 24.3 Å². The molecule has 6 nitrogen and oxygen atoms in total. The smallest absolute Gasteiger partial charge is 0.267 e. The number of nitrogens with zero attached hydrogens (tertiary/aromatic N) is 3. The van der Waals surface area contributed by atoms with E-state index in [-0.39, 0.29) is 5.69 Å². The minimum Gasteiger partial charge on any atom is -0.398 e. The molecule has 3 aromatic rings. The summed E-state index contributed by atoms with van der Waals surface area (Å²) < 4.78 is 1.58. The van der Waals surface area contributed by atoms with Crippen LogP contribution in [0.3, 0.4) is 0 Å². The number of carbonyl (C=O) groups excluding carboxylic acids is 1. The molecule has 6 heteroatoms. The quantitative estimate of drug-likeness (QED) is 0.711. The van der Waals surface area contributed by atoms with E-state index in [1.165, 1.54) is 0 Å². The van der Waals surface area contributed by atoms with Gasteiger partial charge < -0.3 is 11.5 Å². The van der Waals surface area contributed by atoms with Crippen LogP contribution in [-0.4, -0.2) is 20.7 Å². The Bertz CT molecular complexity index is 809. The predicted octanol–water partition coefficient (Wildman–Crippen LogP) is 1.62. The van der Waals surface area contributed by atoms with Crippen molar-refractivity contribution in [2.24, 2.45) is 5.73 Å². The van der Waals surface area contributed by atoms with Gasteiger partial charge in [0.25, 0.3) is 5.91 Å². The van der Waals surface area contributed by atoms with Gasteiger partial charge in [-0.25, -0.2) is 9.67 Å². The summed E-state index contributed by atoms with van der Waals surface area (Å²) in [6.45, 7) is 0. The molecule has 0 saturated heterocycles. The lowest BCUT2D eigenvalue weighted by atomic mass is 10.1. The van der Waals surface area contributed by atoms with Gasteiger partial charge >= 0.3 is 0 Å². The van der Waals surface area contributed by atoms with Crippen LogP contribution in [0.4, 0.5) is 5.69 Å². The third-order valence-electron chi connectivity index (χ3n) is 3.08. The number of nitrogen functional groups attached to an aromatic ring is 1. The molecule has 0 aliphatic carbocycles. The van der Waals surface area contributed by atoms with Crippen LogP contribution in [0.15, 0.2) is 54.9 Å². The summed E-state index contributed by atoms with van der Waals surface area (Å²) in [5, 5.41) is 4.25. The molecule has 0 fully saturated rings. The van der Waals surface area contributed by atoms with Crippen molar-refractivity contribution >= 4 is 11.6 Å². The van der Waals surface area contributed by atoms with Crippen LogP contribution >= 0.6 is 0 Å². The SMILES string of the molecule is NC(=O)c1cccc(-n2cc(-c3ccccc3N)cn2)n1. The fourth-order valence-electron chi connectivity index (χ4n) is 2.04. The zero-order chi connectivity index (χ0) is 14.8. The number of aromatic nitrogens is 3. The third kappa shape index (κ3) is 2.46. The van der Waals surface area contributed by atoms with Crippen molar-refractivity contribution in [3.8, 4) is 16.9 Å². The molecule has 0 bridgehead atoms. The number of amides is 1. The van der Waals surface area contributed by atoms with Gasteiger partial charge in [-0.2, -0.15) is 5.10 Å². The number of primary amides is 1. The lowest BCUT2D eigenvalue weighted by molar-refractivity contribution is 0.0995. The van der Waals surface area contributed by atoms with Crippen molar-refractivity contribution in [2.45, 2.75) is 0 Å². The number of pyridine rings is 1. The number of para-hydroxylation sites is 1.